The van der Waals surface area contributed by atoms with Crippen molar-refractivity contribution in [1.82, 2.24) is 5.32 Å². The lowest BCUT2D eigenvalue weighted by molar-refractivity contribution is -0.124. The van der Waals surface area contributed by atoms with Crippen molar-refractivity contribution in [2.45, 2.75) is 53.0 Å². The standard InChI is InChI=1S/C17H28N2O2/c1-6-8-19-17(5,16(18)20)7-9-21-15-11-12(2)10-13(3)14(15)4/h10-11,19H,6-9H2,1-5H3,(H2,18,20). The summed E-state index contributed by atoms with van der Waals surface area (Å²) in [5, 5.41) is 3.21. The van der Waals surface area contributed by atoms with E-state index < -0.39 is 5.54 Å². The number of benzene rings is 1. The normalized spacial score (nSPS) is 13.8. The number of nitrogens with two attached hydrogens (primary N) is 1. The molecule has 0 fully saturated rings. The van der Waals surface area contributed by atoms with Gasteiger partial charge in [0.15, 0.2) is 0 Å². The van der Waals surface area contributed by atoms with Crippen molar-refractivity contribution >= 4 is 5.91 Å². The molecule has 0 radical (unpaired) electrons. The molecule has 4 heteroatoms. The Balaban J connectivity index is 2.68. The summed E-state index contributed by atoms with van der Waals surface area (Å²) in [6.45, 7) is 11.3. The number of carbonyl (C=O) groups is 1. The molecule has 0 aromatic heterocycles. The molecule has 0 aliphatic heterocycles. The lowest BCUT2D eigenvalue weighted by Gasteiger charge is -2.27. The summed E-state index contributed by atoms with van der Waals surface area (Å²) in [7, 11) is 0. The Labute approximate surface area is 128 Å². The summed E-state index contributed by atoms with van der Waals surface area (Å²) in [6, 6.07) is 4.17. The highest BCUT2D eigenvalue weighted by atomic mass is 16.5. The number of hydrogen-bond donors (Lipinski definition) is 2. The summed E-state index contributed by atoms with van der Waals surface area (Å²) in [5.74, 6) is 0.548. The molecule has 1 aromatic rings. The van der Waals surface area contributed by atoms with Crippen LogP contribution in [0.2, 0.25) is 0 Å². The first-order chi connectivity index (χ1) is 9.80. The van der Waals surface area contributed by atoms with Gasteiger partial charge in [0, 0.05) is 6.42 Å². The van der Waals surface area contributed by atoms with Crippen molar-refractivity contribution in [1.29, 1.82) is 0 Å². The maximum Gasteiger partial charge on any atom is 0.237 e. The molecule has 0 bridgehead atoms. The minimum atomic E-state index is -0.719. The maximum atomic E-state index is 11.6. The van der Waals surface area contributed by atoms with Crippen LogP contribution in [-0.2, 0) is 4.79 Å². The smallest absolute Gasteiger partial charge is 0.237 e. The van der Waals surface area contributed by atoms with Crippen molar-refractivity contribution in [2.75, 3.05) is 13.2 Å². The SMILES string of the molecule is CCCNC(C)(CCOc1cc(C)cc(C)c1C)C(N)=O. The Kier molecular flexibility index (Phi) is 6.21. The number of nitrogens with one attached hydrogen (secondary N) is 1. The Hall–Kier alpha value is -1.55. The van der Waals surface area contributed by atoms with Crippen LogP contribution >= 0.6 is 0 Å². The molecule has 1 atom stereocenters. The van der Waals surface area contributed by atoms with E-state index in [0.717, 1.165) is 24.3 Å². The lowest BCUT2D eigenvalue weighted by Crippen LogP contribution is -2.54. The van der Waals surface area contributed by atoms with Gasteiger partial charge in [0.05, 0.1) is 12.1 Å². The highest BCUT2D eigenvalue weighted by molar-refractivity contribution is 5.84. The third-order valence-corrected chi connectivity index (χ3v) is 3.93. The zero-order valence-corrected chi connectivity index (χ0v) is 13.9. The van der Waals surface area contributed by atoms with Crippen LogP contribution in [0.1, 0.15) is 43.4 Å². The average molecular weight is 292 g/mol. The number of primary amides is 1. The van der Waals surface area contributed by atoms with Crippen molar-refractivity contribution in [3.05, 3.63) is 28.8 Å². The van der Waals surface area contributed by atoms with Gasteiger partial charge in [0.2, 0.25) is 5.91 Å². The third-order valence-electron chi connectivity index (χ3n) is 3.93. The Bertz CT molecular complexity index is 500. The van der Waals surface area contributed by atoms with Gasteiger partial charge in [-0.1, -0.05) is 13.0 Å². The van der Waals surface area contributed by atoms with Crippen LogP contribution in [-0.4, -0.2) is 24.6 Å². The summed E-state index contributed by atoms with van der Waals surface area (Å²) < 4.78 is 5.88. The highest BCUT2D eigenvalue weighted by Crippen LogP contribution is 2.24. The van der Waals surface area contributed by atoms with Crippen LogP contribution in [0, 0.1) is 20.8 Å². The van der Waals surface area contributed by atoms with Crippen LogP contribution in [0.25, 0.3) is 0 Å². The Morgan fingerprint density at radius 1 is 1.33 bits per heavy atom. The van der Waals surface area contributed by atoms with Gasteiger partial charge >= 0.3 is 0 Å². The Morgan fingerprint density at radius 3 is 2.57 bits per heavy atom. The number of carbonyl (C=O) groups excluding carboxylic acids is 1. The molecule has 1 rings (SSSR count). The fraction of sp³-hybridized carbons (Fsp3) is 0.588. The minimum Gasteiger partial charge on any atom is -0.493 e. The predicted octanol–water partition coefficient (Wildman–Crippen LogP) is 2.62. The summed E-state index contributed by atoms with van der Waals surface area (Å²) >= 11 is 0. The molecule has 3 N–H and O–H groups in total. The molecule has 0 saturated heterocycles. The van der Waals surface area contributed by atoms with Gasteiger partial charge in [-0.05, 0) is 63.4 Å². The lowest BCUT2D eigenvalue weighted by atomic mass is 9.97. The van der Waals surface area contributed by atoms with E-state index in [-0.39, 0.29) is 5.91 Å². The van der Waals surface area contributed by atoms with Crippen molar-refractivity contribution in [3.63, 3.8) is 0 Å². The van der Waals surface area contributed by atoms with E-state index in [2.05, 4.69) is 32.2 Å². The van der Waals surface area contributed by atoms with Gasteiger partial charge in [-0.3, -0.25) is 4.79 Å². The topological polar surface area (TPSA) is 64.3 Å². The molecular weight excluding hydrogens is 264 g/mol. The maximum absolute atomic E-state index is 11.6. The fourth-order valence-electron chi connectivity index (χ4n) is 2.22. The van der Waals surface area contributed by atoms with Gasteiger partial charge in [-0.15, -0.1) is 0 Å². The molecule has 0 saturated carbocycles. The van der Waals surface area contributed by atoms with Crippen LogP contribution in [0.3, 0.4) is 0 Å². The molecule has 21 heavy (non-hydrogen) atoms. The number of ether oxygens (including phenoxy) is 1. The number of amides is 1. The molecule has 0 heterocycles. The molecule has 0 aliphatic rings. The summed E-state index contributed by atoms with van der Waals surface area (Å²) in [6.07, 6.45) is 1.51. The first-order valence-corrected chi connectivity index (χ1v) is 7.55. The van der Waals surface area contributed by atoms with E-state index in [9.17, 15) is 4.79 Å². The molecule has 118 valence electrons. The largest absolute Gasteiger partial charge is 0.493 e. The molecule has 4 nitrogen and oxygen atoms in total. The van der Waals surface area contributed by atoms with Crippen LogP contribution in [0.4, 0.5) is 0 Å². The number of aryl methyl sites for hydroxylation is 2. The zero-order valence-electron chi connectivity index (χ0n) is 13.9. The summed E-state index contributed by atoms with van der Waals surface area (Å²) in [5.41, 5.74) is 8.32. The molecule has 1 amide bonds. The van der Waals surface area contributed by atoms with Gasteiger partial charge < -0.3 is 15.8 Å². The van der Waals surface area contributed by atoms with Gasteiger partial charge in [-0.25, -0.2) is 0 Å². The van der Waals surface area contributed by atoms with Gasteiger partial charge in [0.1, 0.15) is 5.75 Å². The van der Waals surface area contributed by atoms with E-state index in [1.54, 1.807) is 0 Å². The Morgan fingerprint density at radius 2 is 2.00 bits per heavy atom. The first kappa shape index (κ1) is 17.5. The van der Waals surface area contributed by atoms with Crippen LogP contribution in [0.5, 0.6) is 5.75 Å². The monoisotopic (exact) mass is 292 g/mol. The quantitative estimate of drug-likeness (QED) is 0.774. The van der Waals surface area contributed by atoms with Crippen LogP contribution < -0.4 is 15.8 Å². The molecular formula is C17H28N2O2. The second-order valence-corrected chi connectivity index (χ2v) is 5.93. The van der Waals surface area contributed by atoms with Crippen molar-refractivity contribution in [2.24, 2.45) is 5.73 Å². The van der Waals surface area contributed by atoms with Gasteiger partial charge in [-0.2, -0.15) is 0 Å². The zero-order chi connectivity index (χ0) is 16.0. The van der Waals surface area contributed by atoms with E-state index in [1.165, 1.54) is 11.1 Å². The fourth-order valence-corrected chi connectivity index (χ4v) is 2.22. The molecule has 1 unspecified atom stereocenters. The molecule has 1 aromatic carbocycles. The predicted molar refractivity (Wildman–Crippen MR) is 86.7 cm³/mol. The van der Waals surface area contributed by atoms with Crippen LogP contribution in [0.15, 0.2) is 12.1 Å². The first-order valence-electron chi connectivity index (χ1n) is 7.55. The second-order valence-electron chi connectivity index (χ2n) is 5.93. The second kappa shape index (κ2) is 7.46. The third kappa shape index (κ3) is 4.74. The molecule has 0 aliphatic carbocycles. The minimum absolute atomic E-state index is 0.336. The number of rotatable bonds is 8. The average Bonchev–Trinajstić information content (AvgIpc) is 2.41. The van der Waals surface area contributed by atoms with Gasteiger partial charge in [0.25, 0.3) is 0 Å². The van der Waals surface area contributed by atoms with E-state index in [1.807, 2.05) is 19.9 Å². The molecule has 0 spiro atoms. The van der Waals surface area contributed by atoms with E-state index in [4.69, 9.17) is 10.5 Å². The summed E-state index contributed by atoms with van der Waals surface area (Å²) in [4.78, 5) is 11.6. The van der Waals surface area contributed by atoms with E-state index >= 15 is 0 Å². The van der Waals surface area contributed by atoms with E-state index in [0.29, 0.717) is 13.0 Å². The van der Waals surface area contributed by atoms with Crippen molar-refractivity contribution < 1.29 is 9.53 Å². The number of hydrogen-bond acceptors (Lipinski definition) is 3. The highest BCUT2D eigenvalue weighted by Gasteiger charge is 2.30. The van der Waals surface area contributed by atoms with Crippen molar-refractivity contribution in [3.8, 4) is 5.75 Å².